The van der Waals surface area contributed by atoms with E-state index < -0.39 is 0 Å². The third-order valence-corrected chi connectivity index (χ3v) is 2.37. The van der Waals surface area contributed by atoms with Crippen molar-refractivity contribution in [3.05, 3.63) is 34.6 Å². The molecule has 0 bridgehead atoms. The number of hydrogen-bond donors (Lipinski definition) is 1. The molecule has 1 aliphatic rings. The summed E-state index contributed by atoms with van der Waals surface area (Å²) in [5.74, 6) is -0.304. The molecule has 1 heterocycles. The first-order chi connectivity index (χ1) is 6.29. The molecule has 1 unspecified atom stereocenters. The minimum absolute atomic E-state index is 0.256. The molecule has 70 valence electrons. The fraction of sp³-hybridized carbons (Fsp3) is 0.333. The van der Waals surface area contributed by atoms with Crippen molar-refractivity contribution in [1.29, 1.82) is 0 Å². The molecule has 1 aromatic rings. The summed E-state index contributed by atoms with van der Waals surface area (Å²) in [4.78, 5) is 0. The van der Waals surface area contributed by atoms with E-state index >= 15 is 0 Å². The number of rotatable bonds is 1. The van der Waals surface area contributed by atoms with E-state index in [0.717, 1.165) is 0 Å². The molecule has 4 heteroatoms. The molecule has 1 aliphatic heterocycles. The molecule has 0 saturated carbocycles. The maximum atomic E-state index is 13.3. The molecule has 1 fully saturated rings. The molecule has 1 atom stereocenters. The lowest BCUT2D eigenvalue weighted by Crippen LogP contribution is -2.09. The monoisotopic (exact) mass is 201 g/mol. The van der Waals surface area contributed by atoms with E-state index in [0.29, 0.717) is 23.9 Å². The van der Waals surface area contributed by atoms with Crippen LogP contribution in [0.2, 0.25) is 5.02 Å². The van der Waals surface area contributed by atoms with Gasteiger partial charge < -0.3 is 4.74 Å². The van der Waals surface area contributed by atoms with Gasteiger partial charge in [-0.25, -0.2) is 4.39 Å². The highest BCUT2D eigenvalue weighted by atomic mass is 35.5. The minimum Gasteiger partial charge on any atom is -0.357 e. The lowest BCUT2D eigenvalue weighted by atomic mass is 10.1. The maximum Gasteiger partial charge on any atom is 0.130 e. The first-order valence-electron chi connectivity index (χ1n) is 4.05. The van der Waals surface area contributed by atoms with Gasteiger partial charge in [-0.15, -0.1) is 0 Å². The van der Waals surface area contributed by atoms with Gasteiger partial charge in [-0.1, -0.05) is 17.7 Å². The largest absolute Gasteiger partial charge is 0.357 e. The molecule has 0 amide bonds. The molecule has 1 aromatic carbocycles. The first-order valence-corrected chi connectivity index (χ1v) is 4.43. The van der Waals surface area contributed by atoms with Crippen LogP contribution in [0.15, 0.2) is 18.2 Å². The van der Waals surface area contributed by atoms with Gasteiger partial charge in [0.05, 0.1) is 6.73 Å². The van der Waals surface area contributed by atoms with E-state index in [1.165, 1.54) is 6.07 Å². The number of halogens is 2. The quantitative estimate of drug-likeness (QED) is 0.752. The van der Waals surface area contributed by atoms with Crippen LogP contribution in [0.3, 0.4) is 0 Å². The van der Waals surface area contributed by atoms with E-state index in [1.54, 1.807) is 12.1 Å². The second-order valence-corrected chi connectivity index (χ2v) is 3.30. The molecule has 0 radical (unpaired) electrons. The van der Waals surface area contributed by atoms with Crippen LogP contribution < -0.4 is 5.32 Å². The SMILES string of the molecule is Fc1cccc(Cl)c1C1CNCO1. The highest BCUT2D eigenvalue weighted by molar-refractivity contribution is 6.31. The minimum atomic E-state index is -0.304. The Balaban J connectivity index is 2.37. The van der Waals surface area contributed by atoms with Crippen molar-refractivity contribution in [2.45, 2.75) is 6.10 Å². The van der Waals surface area contributed by atoms with Gasteiger partial charge in [-0.2, -0.15) is 0 Å². The number of hydrogen-bond acceptors (Lipinski definition) is 2. The van der Waals surface area contributed by atoms with Crippen molar-refractivity contribution < 1.29 is 9.13 Å². The molecule has 1 N–H and O–H groups in total. The molecule has 0 spiro atoms. The van der Waals surface area contributed by atoms with E-state index in [4.69, 9.17) is 16.3 Å². The summed E-state index contributed by atoms with van der Waals surface area (Å²) in [5.41, 5.74) is 0.453. The number of benzene rings is 1. The molecular formula is C9H9ClFNO. The summed E-state index contributed by atoms with van der Waals surface area (Å²) in [6, 6.07) is 4.65. The Kier molecular flexibility index (Phi) is 2.49. The van der Waals surface area contributed by atoms with Crippen molar-refractivity contribution in [2.24, 2.45) is 0 Å². The Morgan fingerprint density at radius 3 is 3.00 bits per heavy atom. The Morgan fingerprint density at radius 2 is 2.38 bits per heavy atom. The smallest absolute Gasteiger partial charge is 0.130 e. The van der Waals surface area contributed by atoms with Crippen LogP contribution in [-0.2, 0) is 4.74 Å². The average Bonchev–Trinajstić information content (AvgIpc) is 2.57. The van der Waals surface area contributed by atoms with Crippen molar-refractivity contribution in [3.8, 4) is 0 Å². The summed E-state index contributed by atoms with van der Waals surface area (Å²) in [6.45, 7) is 1.07. The maximum absolute atomic E-state index is 13.3. The lowest BCUT2D eigenvalue weighted by Gasteiger charge is -2.11. The van der Waals surface area contributed by atoms with E-state index in [2.05, 4.69) is 5.32 Å². The zero-order chi connectivity index (χ0) is 9.26. The van der Waals surface area contributed by atoms with Crippen molar-refractivity contribution in [1.82, 2.24) is 5.32 Å². The molecule has 2 rings (SSSR count). The summed E-state index contributed by atoms with van der Waals surface area (Å²) < 4.78 is 18.6. The standard InChI is InChI=1S/C9H9ClFNO/c10-6-2-1-3-7(11)9(6)8-4-12-5-13-8/h1-3,8,12H,4-5H2. The van der Waals surface area contributed by atoms with Crippen LogP contribution in [0.1, 0.15) is 11.7 Å². The average molecular weight is 202 g/mol. The summed E-state index contributed by atoms with van der Waals surface area (Å²) >= 11 is 5.86. The van der Waals surface area contributed by atoms with Crippen LogP contribution in [0.5, 0.6) is 0 Å². The fourth-order valence-electron chi connectivity index (χ4n) is 1.41. The van der Waals surface area contributed by atoms with E-state index in [1.807, 2.05) is 0 Å². The second-order valence-electron chi connectivity index (χ2n) is 2.89. The van der Waals surface area contributed by atoms with Crippen molar-refractivity contribution >= 4 is 11.6 Å². The summed E-state index contributed by atoms with van der Waals surface area (Å²) in [5, 5.41) is 3.40. The Hall–Kier alpha value is -0.640. The molecular weight excluding hydrogens is 193 g/mol. The van der Waals surface area contributed by atoms with Crippen LogP contribution in [0.4, 0.5) is 4.39 Å². The molecule has 0 aromatic heterocycles. The highest BCUT2D eigenvalue weighted by Gasteiger charge is 2.22. The van der Waals surface area contributed by atoms with Crippen molar-refractivity contribution in [3.63, 3.8) is 0 Å². The van der Waals surface area contributed by atoms with Gasteiger partial charge in [0.25, 0.3) is 0 Å². The van der Waals surface area contributed by atoms with Crippen LogP contribution >= 0.6 is 11.6 Å². The molecule has 0 aliphatic carbocycles. The predicted octanol–water partition coefficient (Wildman–Crippen LogP) is 2.10. The zero-order valence-electron chi connectivity index (χ0n) is 6.89. The van der Waals surface area contributed by atoms with Crippen LogP contribution in [0.25, 0.3) is 0 Å². The lowest BCUT2D eigenvalue weighted by molar-refractivity contribution is 0.111. The third kappa shape index (κ3) is 1.68. The Bertz CT molecular complexity index is 292. The normalized spacial score (nSPS) is 22.2. The summed E-state index contributed by atoms with van der Waals surface area (Å²) in [7, 11) is 0. The Morgan fingerprint density at radius 1 is 1.54 bits per heavy atom. The van der Waals surface area contributed by atoms with Gasteiger partial charge in [0.15, 0.2) is 0 Å². The predicted molar refractivity (Wildman–Crippen MR) is 48.1 cm³/mol. The number of ether oxygens (including phenoxy) is 1. The van der Waals surface area contributed by atoms with Crippen LogP contribution in [0, 0.1) is 5.82 Å². The second kappa shape index (κ2) is 3.62. The van der Waals surface area contributed by atoms with Gasteiger partial charge in [0.1, 0.15) is 11.9 Å². The third-order valence-electron chi connectivity index (χ3n) is 2.04. The number of nitrogens with one attached hydrogen (secondary N) is 1. The topological polar surface area (TPSA) is 21.3 Å². The van der Waals surface area contributed by atoms with Gasteiger partial charge in [-0.05, 0) is 12.1 Å². The summed E-state index contributed by atoms with van der Waals surface area (Å²) in [6.07, 6.45) is -0.256. The highest BCUT2D eigenvalue weighted by Crippen LogP contribution is 2.29. The molecule has 13 heavy (non-hydrogen) atoms. The van der Waals surface area contributed by atoms with Gasteiger partial charge in [-0.3, -0.25) is 5.32 Å². The van der Waals surface area contributed by atoms with Crippen LogP contribution in [-0.4, -0.2) is 13.3 Å². The first kappa shape index (κ1) is 8.94. The van der Waals surface area contributed by atoms with Gasteiger partial charge >= 0.3 is 0 Å². The van der Waals surface area contributed by atoms with Gasteiger partial charge in [0.2, 0.25) is 0 Å². The van der Waals surface area contributed by atoms with Gasteiger partial charge in [0, 0.05) is 17.1 Å². The molecule has 1 saturated heterocycles. The Labute approximate surface area is 80.7 Å². The van der Waals surface area contributed by atoms with E-state index in [9.17, 15) is 4.39 Å². The molecule has 2 nitrogen and oxygen atoms in total. The van der Waals surface area contributed by atoms with E-state index in [-0.39, 0.29) is 11.9 Å². The zero-order valence-corrected chi connectivity index (χ0v) is 7.64. The fourth-order valence-corrected chi connectivity index (χ4v) is 1.70. The van der Waals surface area contributed by atoms with Crippen molar-refractivity contribution in [2.75, 3.05) is 13.3 Å².